The predicted molar refractivity (Wildman–Crippen MR) is 93.1 cm³/mol. The monoisotopic (exact) mass is 309 g/mol. The summed E-state index contributed by atoms with van der Waals surface area (Å²) in [7, 11) is 0. The van der Waals surface area contributed by atoms with Gasteiger partial charge in [-0.3, -0.25) is 0 Å². The van der Waals surface area contributed by atoms with Crippen LogP contribution in [0.15, 0.2) is 18.2 Å². The van der Waals surface area contributed by atoms with Gasteiger partial charge in [0.25, 0.3) is 0 Å². The van der Waals surface area contributed by atoms with Gasteiger partial charge in [0.1, 0.15) is 12.4 Å². The fraction of sp³-hybridized carbons (Fsp3) is 0.632. The highest BCUT2D eigenvalue weighted by atomic mass is 35.5. The lowest BCUT2D eigenvalue weighted by atomic mass is 9.80. The number of halogens is 1. The van der Waals surface area contributed by atoms with Gasteiger partial charge in [-0.2, -0.15) is 0 Å². The molecule has 0 bridgehead atoms. The van der Waals surface area contributed by atoms with Crippen LogP contribution in [0.5, 0.6) is 5.75 Å². The first-order valence-electron chi connectivity index (χ1n) is 8.29. The summed E-state index contributed by atoms with van der Waals surface area (Å²) in [5.74, 6) is 0.765. The van der Waals surface area contributed by atoms with Crippen molar-refractivity contribution in [2.75, 3.05) is 0 Å². The van der Waals surface area contributed by atoms with Gasteiger partial charge < -0.3 is 4.74 Å². The maximum Gasteiger partial charge on any atom is 0.138 e. The lowest BCUT2D eigenvalue weighted by molar-refractivity contribution is 0.385. The maximum absolute atomic E-state index is 6.36. The highest BCUT2D eigenvalue weighted by molar-refractivity contribution is 6.32. The Morgan fingerprint density at radius 1 is 1.10 bits per heavy atom. The van der Waals surface area contributed by atoms with Crippen LogP contribution >= 0.6 is 11.6 Å². The van der Waals surface area contributed by atoms with Gasteiger partial charge in [0.2, 0.25) is 0 Å². The van der Waals surface area contributed by atoms with E-state index in [2.05, 4.69) is 39.8 Å². The number of hydrogen-bond acceptors (Lipinski definition) is 1. The minimum Gasteiger partial charge on any atom is -0.485 e. The van der Waals surface area contributed by atoms with E-state index in [-0.39, 0.29) is 5.41 Å². The lowest BCUT2D eigenvalue weighted by Crippen LogP contribution is -2.17. The first-order chi connectivity index (χ1) is 10.0. The molecule has 0 aromatic heterocycles. The van der Waals surface area contributed by atoms with Gasteiger partial charge >= 0.3 is 0 Å². The average Bonchev–Trinajstić information content (AvgIpc) is 2.45. The Bertz CT molecular complexity index is 412. The third-order valence-corrected chi connectivity index (χ3v) is 4.30. The van der Waals surface area contributed by atoms with Crippen molar-refractivity contribution in [1.29, 1.82) is 0 Å². The van der Waals surface area contributed by atoms with Crippen molar-refractivity contribution in [3.05, 3.63) is 35.4 Å². The zero-order valence-corrected chi connectivity index (χ0v) is 14.8. The van der Waals surface area contributed by atoms with Crippen molar-refractivity contribution in [3.63, 3.8) is 0 Å². The van der Waals surface area contributed by atoms with Crippen LogP contribution in [0.1, 0.15) is 78.2 Å². The lowest BCUT2D eigenvalue weighted by Gasteiger charge is -2.26. The first-order valence-corrected chi connectivity index (χ1v) is 8.67. The van der Waals surface area contributed by atoms with Crippen LogP contribution in [0, 0.1) is 6.61 Å². The smallest absolute Gasteiger partial charge is 0.138 e. The van der Waals surface area contributed by atoms with Crippen molar-refractivity contribution in [1.82, 2.24) is 0 Å². The number of rotatable bonds is 10. The zero-order valence-electron chi connectivity index (χ0n) is 14.0. The molecule has 0 fully saturated rings. The Morgan fingerprint density at radius 3 is 2.43 bits per heavy atom. The Labute approximate surface area is 136 Å². The van der Waals surface area contributed by atoms with E-state index in [9.17, 15) is 0 Å². The molecular formula is C19H30ClO. The fourth-order valence-electron chi connectivity index (χ4n) is 2.41. The van der Waals surface area contributed by atoms with E-state index in [1.54, 1.807) is 0 Å². The molecule has 119 valence electrons. The Morgan fingerprint density at radius 2 is 1.81 bits per heavy atom. The molecule has 21 heavy (non-hydrogen) atoms. The van der Waals surface area contributed by atoms with Crippen molar-refractivity contribution < 1.29 is 4.74 Å². The summed E-state index contributed by atoms with van der Waals surface area (Å²) < 4.78 is 5.65. The molecule has 1 rings (SSSR count). The molecule has 0 N–H and O–H groups in total. The van der Waals surface area contributed by atoms with Gasteiger partial charge in [-0.15, -0.1) is 0 Å². The second kappa shape index (κ2) is 9.35. The van der Waals surface area contributed by atoms with Crippen molar-refractivity contribution in [2.24, 2.45) is 0 Å². The molecule has 0 aliphatic heterocycles. The largest absolute Gasteiger partial charge is 0.485 e. The van der Waals surface area contributed by atoms with E-state index in [1.807, 2.05) is 12.7 Å². The zero-order chi connectivity index (χ0) is 15.7. The Balaban J connectivity index is 2.63. The fourth-order valence-corrected chi connectivity index (χ4v) is 2.64. The third-order valence-electron chi connectivity index (χ3n) is 4.00. The molecule has 1 aromatic rings. The van der Waals surface area contributed by atoms with Gasteiger partial charge in [-0.25, -0.2) is 0 Å². The summed E-state index contributed by atoms with van der Waals surface area (Å²) in [6.45, 7) is 10.9. The highest BCUT2D eigenvalue weighted by Gasteiger charge is 2.21. The molecule has 0 saturated heterocycles. The van der Waals surface area contributed by atoms with E-state index in [4.69, 9.17) is 16.3 Å². The predicted octanol–water partition coefficient (Wildman–Crippen LogP) is 6.93. The summed E-state index contributed by atoms with van der Waals surface area (Å²) in [6, 6.07) is 6.22. The molecule has 0 aliphatic rings. The highest BCUT2D eigenvalue weighted by Crippen LogP contribution is 2.34. The Kier molecular flexibility index (Phi) is 8.18. The van der Waals surface area contributed by atoms with Gasteiger partial charge in [0.05, 0.1) is 5.02 Å². The van der Waals surface area contributed by atoms with E-state index in [0.29, 0.717) is 5.02 Å². The van der Waals surface area contributed by atoms with Crippen LogP contribution in [0.3, 0.4) is 0 Å². The molecule has 0 amide bonds. The summed E-state index contributed by atoms with van der Waals surface area (Å²) in [5.41, 5.74) is 1.47. The second-order valence-electron chi connectivity index (χ2n) is 6.41. The molecule has 0 spiro atoms. The van der Waals surface area contributed by atoms with E-state index in [0.717, 1.165) is 18.6 Å². The van der Waals surface area contributed by atoms with E-state index in [1.165, 1.54) is 37.7 Å². The molecule has 0 heterocycles. The standard InChI is InChI=1S/C19H30ClO/c1-5-7-9-13-19(3,4)16-11-12-18(17(20)15-16)21-14-10-8-6-2/h11-12,14-15H,5-10,13H2,1-4H3. The molecule has 0 unspecified atom stereocenters. The third kappa shape index (κ3) is 6.30. The second-order valence-corrected chi connectivity index (χ2v) is 6.82. The summed E-state index contributed by atoms with van der Waals surface area (Å²) in [4.78, 5) is 0. The minimum atomic E-state index is 0.170. The molecule has 1 aromatic carbocycles. The van der Waals surface area contributed by atoms with Gasteiger partial charge in [0.15, 0.2) is 0 Å². The summed E-state index contributed by atoms with van der Waals surface area (Å²) in [6.07, 6.45) is 8.32. The van der Waals surface area contributed by atoms with Crippen LogP contribution < -0.4 is 4.74 Å². The molecule has 2 heteroatoms. The average molecular weight is 310 g/mol. The Hall–Kier alpha value is -0.690. The normalized spacial score (nSPS) is 11.7. The van der Waals surface area contributed by atoms with Gasteiger partial charge in [-0.1, -0.05) is 71.0 Å². The summed E-state index contributed by atoms with van der Waals surface area (Å²) in [5, 5.41) is 0.712. The number of benzene rings is 1. The molecule has 1 radical (unpaired) electrons. The molecule has 0 aliphatic carbocycles. The number of hydrogen-bond donors (Lipinski definition) is 0. The number of ether oxygens (including phenoxy) is 1. The van der Waals surface area contributed by atoms with E-state index < -0.39 is 0 Å². The van der Waals surface area contributed by atoms with Crippen molar-refractivity contribution in [2.45, 2.75) is 78.1 Å². The van der Waals surface area contributed by atoms with Crippen LogP contribution in [0.25, 0.3) is 0 Å². The van der Waals surface area contributed by atoms with Crippen LogP contribution in [0.4, 0.5) is 0 Å². The number of unbranched alkanes of at least 4 members (excludes halogenated alkanes) is 4. The first kappa shape index (κ1) is 18.4. The van der Waals surface area contributed by atoms with Crippen LogP contribution in [-0.4, -0.2) is 0 Å². The molecule has 1 nitrogen and oxygen atoms in total. The van der Waals surface area contributed by atoms with Crippen molar-refractivity contribution >= 4 is 11.6 Å². The quantitative estimate of drug-likeness (QED) is 0.426. The molecule has 0 atom stereocenters. The summed E-state index contributed by atoms with van der Waals surface area (Å²) >= 11 is 6.36. The van der Waals surface area contributed by atoms with E-state index >= 15 is 0 Å². The minimum absolute atomic E-state index is 0.170. The topological polar surface area (TPSA) is 9.23 Å². The van der Waals surface area contributed by atoms with Crippen LogP contribution in [-0.2, 0) is 5.41 Å². The SMILES string of the molecule is CCCC[CH]Oc1ccc(C(C)(C)CCCCC)cc1Cl. The molecular weight excluding hydrogens is 280 g/mol. The molecule has 0 saturated carbocycles. The van der Waals surface area contributed by atoms with Gasteiger partial charge in [-0.05, 0) is 42.4 Å². The van der Waals surface area contributed by atoms with Crippen LogP contribution in [0.2, 0.25) is 5.02 Å². The van der Waals surface area contributed by atoms with Gasteiger partial charge in [0, 0.05) is 0 Å². The van der Waals surface area contributed by atoms with Crippen molar-refractivity contribution in [3.8, 4) is 5.75 Å². The maximum atomic E-state index is 6.36.